The van der Waals surface area contributed by atoms with Gasteiger partial charge in [0.2, 0.25) is 0 Å². The average molecular weight is 294 g/mol. The van der Waals surface area contributed by atoms with Crippen LogP contribution in [0.1, 0.15) is 23.2 Å². The van der Waals surface area contributed by atoms with Crippen molar-refractivity contribution in [3.05, 3.63) is 26.6 Å². The van der Waals surface area contributed by atoms with Crippen molar-refractivity contribution in [2.75, 3.05) is 0 Å². The second kappa shape index (κ2) is 3.96. The van der Waals surface area contributed by atoms with Crippen LogP contribution in [0.3, 0.4) is 0 Å². The summed E-state index contributed by atoms with van der Waals surface area (Å²) in [5.74, 6) is 0. The molecule has 1 aromatic heterocycles. The summed E-state index contributed by atoms with van der Waals surface area (Å²) in [6.45, 7) is 1.67. The summed E-state index contributed by atoms with van der Waals surface area (Å²) in [6, 6.07) is 1.88. The Hall–Kier alpha value is -0.770. The van der Waals surface area contributed by atoms with Crippen LogP contribution in [0.15, 0.2) is 6.20 Å². The number of rotatable bonds is 1. The van der Waals surface area contributed by atoms with Gasteiger partial charge in [-0.3, -0.25) is 4.98 Å². The Bertz CT molecular complexity index is 371. The zero-order valence-corrected chi connectivity index (χ0v) is 8.84. The molecule has 0 unspecified atom stereocenters. The molecule has 0 fully saturated rings. The summed E-state index contributed by atoms with van der Waals surface area (Å²) in [6.07, 6.45) is -1.33. The van der Waals surface area contributed by atoms with Crippen molar-refractivity contribution in [2.24, 2.45) is 0 Å². The van der Waals surface area contributed by atoms with Gasteiger partial charge in [-0.15, -0.1) is 0 Å². The maximum Gasteiger partial charge on any atom is 0.281 e. The maximum absolute atomic E-state index is 12.3. The van der Waals surface area contributed by atoms with Crippen molar-refractivity contribution in [3.8, 4) is 6.07 Å². The molecule has 13 heavy (non-hydrogen) atoms. The van der Waals surface area contributed by atoms with E-state index in [1.54, 1.807) is 29.5 Å². The maximum atomic E-state index is 12.3. The summed E-state index contributed by atoms with van der Waals surface area (Å²) in [4.78, 5) is 3.58. The van der Waals surface area contributed by atoms with Crippen molar-refractivity contribution in [3.63, 3.8) is 0 Å². The number of aromatic nitrogens is 1. The molecule has 0 atom stereocenters. The number of aryl methyl sites for hydroxylation is 1. The first kappa shape index (κ1) is 10.3. The molecular weight excluding hydrogens is 289 g/mol. The van der Waals surface area contributed by atoms with Crippen LogP contribution in [0.4, 0.5) is 8.78 Å². The molecule has 0 spiro atoms. The molecule has 5 heteroatoms. The predicted octanol–water partition coefficient (Wildman–Crippen LogP) is 2.80. The van der Waals surface area contributed by atoms with Gasteiger partial charge in [0, 0.05) is 6.20 Å². The topological polar surface area (TPSA) is 36.7 Å². The van der Waals surface area contributed by atoms with Gasteiger partial charge in [-0.25, -0.2) is 8.78 Å². The Morgan fingerprint density at radius 2 is 2.23 bits per heavy atom. The van der Waals surface area contributed by atoms with Gasteiger partial charge in [0.25, 0.3) is 6.43 Å². The second-order valence-electron chi connectivity index (χ2n) is 2.43. The van der Waals surface area contributed by atoms with Crippen molar-refractivity contribution < 1.29 is 8.78 Å². The van der Waals surface area contributed by atoms with Crippen LogP contribution in [-0.2, 0) is 0 Å². The van der Waals surface area contributed by atoms with Crippen LogP contribution in [0, 0.1) is 21.8 Å². The third kappa shape index (κ3) is 1.94. The quantitative estimate of drug-likeness (QED) is 0.747. The smallest absolute Gasteiger partial charge is 0.254 e. The molecule has 0 aliphatic carbocycles. The molecule has 0 amide bonds. The zero-order chi connectivity index (χ0) is 10.0. The van der Waals surface area contributed by atoms with Gasteiger partial charge in [0.15, 0.2) is 0 Å². The average Bonchev–Trinajstić information content (AvgIpc) is 2.04. The first-order chi connectivity index (χ1) is 6.07. The molecule has 1 rings (SSSR count). The lowest BCUT2D eigenvalue weighted by atomic mass is 10.1. The highest BCUT2D eigenvalue weighted by Gasteiger charge is 2.17. The van der Waals surface area contributed by atoms with Gasteiger partial charge < -0.3 is 0 Å². The summed E-state index contributed by atoms with van der Waals surface area (Å²) in [5.41, 5.74) is 0.588. The molecule has 2 nitrogen and oxygen atoms in total. The van der Waals surface area contributed by atoms with E-state index in [0.29, 0.717) is 5.56 Å². The Morgan fingerprint density at radius 3 is 2.69 bits per heavy atom. The van der Waals surface area contributed by atoms with Crippen molar-refractivity contribution >= 4 is 22.6 Å². The van der Waals surface area contributed by atoms with Crippen LogP contribution in [0.5, 0.6) is 0 Å². The summed E-state index contributed by atoms with van der Waals surface area (Å²) in [5, 5.41) is 8.68. The number of alkyl halides is 2. The van der Waals surface area contributed by atoms with E-state index in [2.05, 4.69) is 4.98 Å². The highest BCUT2D eigenvalue weighted by Crippen LogP contribution is 2.25. The number of nitriles is 1. The van der Waals surface area contributed by atoms with E-state index in [1.165, 1.54) is 6.20 Å². The molecule has 0 saturated heterocycles. The standard InChI is InChI=1S/C8H5F2IN2/c1-4-3-13-7(8(9)10)6(11)5(4)2-12/h3,8H,1H3. The summed E-state index contributed by atoms with van der Waals surface area (Å²) < 4.78 is 24.8. The van der Waals surface area contributed by atoms with Crippen LogP contribution < -0.4 is 0 Å². The molecule has 68 valence electrons. The van der Waals surface area contributed by atoms with E-state index in [1.807, 2.05) is 6.07 Å². The molecule has 0 radical (unpaired) electrons. The predicted molar refractivity (Wildman–Crippen MR) is 51.4 cm³/mol. The number of hydrogen-bond donors (Lipinski definition) is 0. The third-order valence-electron chi connectivity index (χ3n) is 1.55. The molecule has 0 aliphatic heterocycles. The molecule has 0 aliphatic rings. The van der Waals surface area contributed by atoms with Crippen LogP contribution >= 0.6 is 22.6 Å². The van der Waals surface area contributed by atoms with Crippen LogP contribution in [0.25, 0.3) is 0 Å². The lowest BCUT2D eigenvalue weighted by Crippen LogP contribution is -1.99. The van der Waals surface area contributed by atoms with E-state index in [9.17, 15) is 8.78 Å². The number of pyridine rings is 1. The fraction of sp³-hybridized carbons (Fsp3) is 0.250. The first-order valence-electron chi connectivity index (χ1n) is 3.41. The van der Waals surface area contributed by atoms with Gasteiger partial charge in [0.1, 0.15) is 11.8 Å². The van der Waals surface area contributed by atoms with Crippen molar-refractivity contribution in [1.82, 2.24) is 4.98 Å². The molecule has 0 N–H and O–H groups in total. The van der Waals surface area contributed by atoms with Crippen LogP contribution in [-0.4, -0.2) is 4.98 Å². The largest absolute Gasteiger partial charge is 0.281 e. The minimum atomic E-state index is -2.63. The fourth-order valence-electron chi connectivity index (χ4n) is 0.878. The lowest BCUT2D eigenvalue weighted by molar-refractivity contribution is 0.145. The molecule has 0 aromatic carbocycles. The van der Waals surface area contributed by atoms with E-state index >= 15 is 0 Å². The van der Waals surface area contributed by atoms with E-state index < -0.39 is 6.43 Å². The number of halogens is 3. The van der Waals surface area contributed by atoms with Gasteiger partial charge in [-0.05, 0) is 35.1 Å². The fourth-order valence-corrected chi connectivity index (χ4v) is 1.80. The normalized spacial score (nSPS) is 10.2. The first-order valence-corrected chi connectivity index (χ1v) is 4.49. The minimum Gasteiger partial charge on any atom is -0.254 e. The van der Waals surface area contributed by atoms with Gasteiger partial charge in [-0.1, -0.05) is 0 Å². The highest BCUT2D eigenvalue weighted by molar-refractivity contribution is 14.1. The van der Waals surface area contributed by atoms with Gasteiger partial charge in [-0.2, -0.15) is 5.26 Å². The number of hydrogen-bond acceptors (Lipinski definition) is 2. The molecule has 0 bridgehead atoms. The Kier molecular flexibility index (Phi) is 3.14. The van der Waals surface area contributed by atoms with E-state index in [-0.39, 0.29) is 14.8 Å². The molecule has 1 aromatic rings. The summed E-state index contributed by atoms with van der Waals surface area (Å²) in [7, 11) is 0. The van der Waals surface area contributed by atoms with Crippen molar-refractivity contribution in [2.45, 2.75) is 13.3 Å². The van der Waals surface area contributed by atoms with Crippen LogP contribution in [0.2, 0.25) is 0 Å². The van der Waals surface area contributed by atoms with Gasteiger partial charge in [0.05, 0.1) is 9.13 Å². The van der Waals surface area contributed by atoms with Gasteiger partial charge >= 0.3 is 0 Å². The van der Waals surface area contributed by atoms with E-state index in [0.717, 1.165) is 0 Å². The zero-order valence-electron chi connectivity index (χ0n) is 6.68. The SMILES string of the molecule is Cc1cnc(C(F)F)c(I)c1C#N. The summed E-state index contributed by atoms with van der Waals surface area (Å²) >= 11 is 1.72. The number of nitrogens with zero attached hydrogens (tertiary/aromatic N) is 2. The molecule has 1 heterocycles. The third-order valence-corrected chi connectivity index (χ3v) is 2.65. The second-order valence-corrected chi connectivity index (χ2v) is 3.51. The minimum absolute atomic E-state index is 0.245. The highest BCUT2D eigenvalue weighted by atomic mass is 127. The molecular formula is C8H5F2IN2. The Morgan fingerprint density at radius 1 is 1.62 bits per heavy atom. The van der Waals surface area contributed by atoms with E-state index in [4.69, 9.17) is 5.26 Å². The molecule has 0 saturated carbocycles. The monoisotopic (exact) mass is 294 g/mol. The van der Waals surface area contributed by atoms with Crippen molar-refractivity contribution in [1.29, 1.82) is 5.26 Å². The Balaban J connectivity index is 3.38. The lowest BCUT2D eigenvalue weighted by Gasteiger charge is -2.05. The Labute approximate surface area is 87.7 Å².